The van der Waals surface area contributed by atoms with Crippen LogP contribution >= 0.6 is 12.6 Å². The van der Waals surface area contributed by atoms with E-state index in [1.54, 1.807) is 6.33 Å². The van der Waals surface area contributed by atoms with Crippen LogP contribution in [0.2, 0.25) is 0 Å². The summed E-state index contributed by atoms with van der Waals surface area (Å²) in [5, 5.41) is 4.20. The molecular weight excluding hydrogens is 383 g/mol. The van der Waals surface area contributed by atoms with E-state index in [-0.39, 0.29) is 24.6 Å². The fourth-order valence-corrected chi connectivity index (χ4v) is 3.04. The minimum absolute atomic E-state index is 0. The van der Waals surface area contributed by atoms with E-state index in [9.17, 15) is 0 Å². The Bertz CT molecular complexity index is 890. The van der Waals surface area contributed by atoms with Crippen LogP contribution < -0.4 is 10.2 Å². The topological polar surface area (TPSA) is 50.3 Å². The third-order valence-electron chi connectivity index (χ3n) is 4.20. The monoisotopic (exact) mass is 401 g/mol. The Kier molecular flexibility index (Phi) is 6.09. The summed E-state index contributed by atoms with van der Waals surface area (Å²) in [6.45, 7) is 6.28. The minimum Gasteiger partial charge on any atom is -0.410 e. The molecule has 0 spiro atoms. The van der Waals surface area contributed by atoms with Crippen molar-refractivity contribution in [3.63, 3.8) is 0 Å². The van der Waals surface area contributed by atoms with Crippen molar-refractivity contribution in [2.24, 2.45) is 0 Å². The SMILES string of the molecule is [CH2-]C1COCCN1c1[c-]c2c(Nc3ccc(S)cc3)ncnc2cc1.[V+2]. The third kappa shape index (κ3) is 3.99. The predicted molar refractivity (Wildman–Crippen MR) is 103 cm³/mol. The first-order valence-corrected chi connectivity index (χ1v) is 8.56. The van der Waals surface area contributed by atoms with Gasteiger partial charge < -0.3 is 21.9 Å². The van der Waals surface area contributed by atoms with Crippen molar-refractivity contribution < 1.29 is 23.3 Å². The van der Waals surface area contributed by atoms with Gasteiger partial charge in [-0.2, -0.15) is 0 Å². The molecule has 0 bridgehead atoms. The Hall–Kier alpha value is -1.73. The van der Waals surface area contributed by atoms with Crippen LogP contribution in [-0.2, 0) is 23.3 Å². The molecule has 0 amide bonds. The van der Waals surface area contributed by atoms with Gasteiger partial charge in [0.05, 0.1) is 18.8 Å². The van der Waals surface area contributed by atoms with Crippen LogP contribution in [0.5, 0.6) is 0 Å². The largest absolute Gasteiger partial charge is 2.00 e. The zero-order chi connectivity index (χ0) is 17.2. The molecule has 3 aromatic rings. The average Bonchev–Trinajstić information content (AvgIpc) is 2.64. The molecule has 1 aliphatic heterocycles. The molecule has 7 heteroatoms. The number of nitrogens with zero attached hydrogens (tertiary/aromatic N) is 3. The van der Waals surface area contributed by atoms with Crippen molar-refractivity contribution in [2.45, 2.75) is 10.9 Å². The summed E-state index contributed by atoms with van der Waals surface area (Å²) in [6.07, 6.45) is 1.56. The third-order valence-corrected chi connectivity index (χ3v) is 4.49. The van der Waals surface area contributed by atoms with Crippen LogP contribution in [0.3, 0.4) is 0 Å². The van der Waals surface area contributed by atoms with E-state index < -0.39 is 0 Å². The second-order valence-corrected chi connectivity index (χ2v) is 6.44. The number of fused-ring (bicyclic) bond motifs is 1. The van der Waals surface area contributed by atoms with Crippen LogP contribution in [0.1, 0.15) is 0 Å². The maximum Gasteiger partial charge on any atom is 2.00 e. The number of rotatable bonds is 3. The molecule has 1 fully saturated rings. The molecule has 131 valence electrons. The molecule has 0 saturated carbocycles. The van der Waals surface area contributed by atoms with Gasteiger partial charge in [0.1, 0.15) is 0 Å². The second kappa shape index (κ2) is 8.31. The van der Waals surface area contributed by atoms with Crippen molar-refractivity contribution in [1.82, 2.24) is 9.97 Å². The van der Waals surface area contributed by atoms with Crippen molar-refractivity contribution in [1.29, 1.82) is 0 Å². The first-order chi connectivity index (χ1) is 12.2. The Morgan fingerprint density at radius 3 is 2.77 bits per heavy atom. The summed E-state index contributed by atoms with van der Waals surface area (Å²) in [5.41, 5.74) is 2.78. The van der Waals surface area contributed by atoms with Gasteiger partial charge in [-0.05, 0) is 29.8 Å². The molecule has 1 saturated heterocycles. The number of hydrogen-bond donors (Lipinski definition) is 2. The molecule has 2 heterocycles. The van der Waals surface area contributed by atoms with E-state index in [1.165, 1.54) is 0 Å². The fraction of sp³-hybridized carbons (Fsp3) is 0.211. The maximum absolute atomic E-state index is 5.47. The van der Waals surface area contributed by atoms with Gasteiger partial charge in [-0.15, -0.1) is 30.8 Å². The van der Waals surface area contributed by atoms with E-state index >= 15 is 0 Å². The molecule has 1 aromatic heterocycles. The van der Waals surface area contributed by atoms with Crippen molar-refractivity contribution in [3.8, 4) is 0 Å². The molecule has 1 N–H and O–H groups in total. The van der Waals surface area contributed by atoms with Gasteiger partial charge in [0.15, 0.2) is 0 Å². The number of aromatic nitrogens is 2. The van der Waals surface area contributed by atoms with Gasteiger partial charge in [0, 0.05) is 23.7 Å². The van der Waals surface area contributed by atoms with E-state index in [0.29, 0.717) is 13.2 Å². The smallest absolute Gasteiger partial charge is 0.410 e. The van der Waals surface area contributed by atoms with Crippen LogP contribution in [0.4, 0.5) is 17.2 Å². The Morgan fingerprint density at radius 1 is 1.19 bits per heavy atom. The van der Waals surface area contributed by atoms with Crippen LogP contribution in [0, 0.1) is 13.0 Å². The molecule has 5 nitrogen and oxygen atoms in total. The van der Waals surface area contributed by atoms with Gasteiger partial charge in [-0.3, -0.25) is 9.97 Å². The Balaban J connectivity index is 0.00000196. The van der Waals surface area contributed by atoms with Gasteiger partial charge in [-0.25, -0.2) is 0 Å². The number of nitrogens with one attached hydrogen (secondary N) is 1. The van der Waals surface area contributed by atoms with E-state index in [2.05, 4.69) is 45.8 Å². The standard InChI is InChI=1S/C19H18N4OS.V/c1-13-11-24-9-8-23(13)15-4-7-18-17(10-15)19(21-12-20-18)22-14-2-5-16(25)6-3-14;/h2-7,12-13,25H,1,8-9,11H2,(H,20,21,22);/q-2;+2. The van der Waals surface area contributed by atoms with E-state index in [0.717, 1.165) is 39.5 Å². The zero-order valence-corrected chi connectivity index (χ0v) is 16.4. The van der Waals surface area contributed by atoms with Crippen LogP contribution in [0.15, 0.2) is 47.6 Å². The average molecular weight is 401 g/mol. The van der Waals surface area contributed by atoms with Gasteiger partial charge >= 0.3 is 18.6 Å². The van der Waals surface area contributed by atoms with Crippen LogP contribution in [-0.4, -0.2) is 35.8 Å². The normalized spacial score (nSPS) is 17.0. The van der Waals surface area contributed by atoms with Crippen molar-refractivity contribution >= 4 is 40.7 Å². The fourth-order valence-electron chi connectivity index (χ4n) is 2.89. The number of hydrogen-bond acceptors (Lipinski definition) is 6. The predicted octanol–water partition coefficient (Wildman–Crippen LogP) is 3.50. The summed E-state index contributed by atoms with van der Waals surface area (Å²) in [7, 11) is 0. The van der Waals surface area contributed by atoms with Gasteiger partial charge in [-0.1, -0.05) is 17.1 Å². The second-order valence-electron chi connectivity index (χ2n) is 5.92. The summed E-state index contributed by atoms with van der Waals surface area (Å²) < 4.78 is 5.47. The summed E-state index contributed by atoms with van der Waals surface area (Å²) >= 11 is 4.32. The first kappa shape index (κ1) is 19.0. The Morgan fingerprint density at radius 2 is 2.00 bits per heavy atom. The molecule has 26 heavy (non-hydrogen) atoms. The molecule has 0 aliphatic carbocycles. The quantitative estimate of drug-likeness (QED) is 0.520. The number of anilines is 3. The van der Waals surface area contributed by atoms with Crippen LogP contribution in [0.25, 0.3) is 10.9 Å². The zero-order valence-electron chi connectivity index (χ0n) is 14.1. The summed E-state index contributed by atoms with van der Waals surface area (Å²) in [4.78, 5) is 11.9. The molecule has 1 unspecified atom stereocenters. The van der Waals surface area contributed by atoms with Crippen molar-refractivity contribution in [3.05, 3.63) is 55.7 Å². The molecule has 1 radical (unpaired) electrons. The molecule has 2 aromatic carbocycles. The maximum atomic E-state index is 5.47. The molecule has 4 rings (SSSR count). The number of ether oxygens (including phenoxy) is 1. The summed E-state index contributed by atoms with van der Waals surface area (Å²) in [5.74, 6) is 0.729. The molecular formula is C19H18N4OSV. The summed E-state index contributed by atoms with van der Waals surface area (Å²) in [6, 6.07) is 15.4. The van der Waals surface area contributed by atoms with Crippen molar-refractivity contribution in [2.75, 3.05) is 30.0 Å². The van der Waals surface area contributed by atoms with E-state index in [4.69, 9.17) is 4.74 Å². The number of benzene rings is 2. The number of thiol groups is 1. The number of morpholine rings is 1. The first-order valence-electron chi connectivity index (χ1n) is 8.11. The van der Waals surface area contributed by atoms with Gasteiger partial charge in [0.2, 0.25) is 0 Å². The van der Waals surface area contributed by atoms with Gasteiger partial charge in [0.25, 0.3) is 0 Å². The molecule has 1 atom stereocenters. The minimum atomic E-state index is 0. The van der Waals surface area contributed by atoms with E-state index in [1.807, 2.05) is 36.4 Å². The Labute approximate surface area is 170 Å². The molecule has 1 aliphatic rings.